The SMILES string of the molecule is CCCCCCCCCCNC(c1ccccc1)P(=O)(O)O. The largest absolute Gasteiger partial charge is 0.346 e. The van der Waals surface area contributed by atoms with Crippen molar-refractivity contribution in [3.05, 3.63) is 35.9 Å². The Morgan fingerprint density at radius 1 is 0.955 bits per heavy atom. The Morgan fingerprint density at radius 2 is 1.50 bits per heavy atom. The topological polar surface area (TPSA) is 69.6 Å². The Bertz CT molecular complexity index is 433. The lowest BCUT2D eigenvalue weighted by Gasteiger charge is -2.20. The van der Waals surface area contributed by atoms with Crippen LogP contribution in [0.2, 0.25) is 0 Å². The maximum absolute atomic E-state index is 11.6. The van der Waals surface area contributed by atoms with Crippen LogP contribution in [0.25, 0.3) is 0 Å². The summed E-state index contributed by atoms with van der Waals surface area (Å²) in [6, 6.07) is 8.96. The Balaban J connectivity index is 2.24. The molecule has 1 aromatic carbocycles. The van der Waals surface area contributed by atoms with Gasteiger partial charge in [0.25, 0.3) is 0 Å². The van der Waals surface area contributed by atoms with Crippen molar-refractivity contribution in [3.8, 4) is 0 Å². The highest BCUT2D eigenvalue weighted by atomic mass is 31.2. The van der Waals surface area contributed by atoms with Crippen LogP contribution in [0.3, 0.4) is 0 Å². The fourth-order valence-electron chi connectivity index (χ4n) is 2.56. The molecule has 3 N–H and O–H groups in total. The van der Waals surface area contributed by atoms with Gasteiger partial charge in [0.1, 0.15) is 5.78 Å². The second-order valence-electron chi connectivity index (χ2n) is 5.83. The number of rotatable bonds is 12. The Morgan fingerprint density at radius 3 is 2.05 bits per heavy atom. The highest BCUT2D eigenvalue weighted by Crippen LogP contribution is 2.49. The van der Waals surface area contributed by atoms with Crippen molar-refractivity contribution in [2.24, 2.45) is 0 Å². The van der Waals surface area contributed by atoms with E-state index >= 15 is 0 Å². The first-order valence-corrected chi connectivity index (χ1v) is 10.1. The minimum atomic E-state index is -4.18. The maximum Gasteiger partial charge on any atom is 0.346 e. The quantitative estimate of drug-likeness (QED) is 0.388. The van der Waals surface area contributed by atoms with Gasteiger partial charge in [0, 0.05) is 0 Å². The fraction of sp³-hybridized carbons (Fsp3) is 0.647. The monoisotopic (exact) mass is 327 g/mol. The Hall–Kier alpha value is -0.670. The summed E-state index contributed by atoms with van der Waals surface area (Å²) in [7, 11) is -4.18. The van der Waals surface area contributed by atoms with E-state index in [-0.39, 0.29) is 0 Å². The molecule has 0 heterocycles. The molecule has 0 bridgehead atoms. The van der Waals surface area contributed by atoms with Crippen molar-refractivity contribution in [3.63, 3.8) is 0 Å². The van der Waals surface area contributed by atoms with E-state index in [4.69, 9.17) is 0 Å². The Labute approximate surface area is 134 Å². The smallest absolute Gasteiger partial charge is 0.323 e. The van der Waals surface area contributed by atoms with Gasteiger partial charge >= 0.3 is 7.60 Å². The van der Waals surface area contributed by atoms with E-state index in [0.29, 0.717) is 12.1 Å². The van der Waals surface area contributed by atoms with Gasteiger partial charge in [0.15, 0.2) is 0 Å². The molecule has 0 aliphatic heterocycles. The predicted octanol–water partition coefficient (Wildman–Crippen LogP) is 4.59. The van der Waals surface area contributed by atoms with Crippen LogP contribution in [0.15, 0.2) is 30.3 Å². The van der Waals surface area contributed by atoms with Gasteiger partial charge in [-0.1, -0.05) is 82.2 Å². The summed E-state index contributed by atoms with van der Waals surface area (Å²) >= 11 is 0. The van der Waals surface area contributed by atoms with Crippen molar-refractivity contribution in [1.82, 2.24) is 5.32 Å². The van der Waals surface area contributed by atoms with E-state index in [2.05, 4.69) is 12.2 Å². The molecule has 0 amide bonds. The van der Waals surface area contributed by atoms with Crippen LogP contribution in [-0.4, -0.2) is 16.3 Å². The summed E-state index contributed by atoms with van der Waals surface area (Å²) in [5.74, 6) is -0.891. The summed E-state index contributed by atoms with van der Waals surface area (Å²) in [5.41, 5.74) is 0.649. The summed E-state index contributed by atoms with van der Waals surface area (Å²) < 4.78 is 11.6. The second kappa shape index (κ2) is 11.0. The van der Waals surface area contributed by atoms with Crippen LogP contribution in [0.5, 0.6) is 0 Å². The molecule has 5 heteroatoms. The molecule has 1 unspecified atom stereocenters. The van der Waals surface area contributed by atoms with Crippen LogP contribution >= 0.6 is 7.60 Å². The van der Waals surface area contributed by atoms with Crippen LogP contribution in [0.4, 0.5) is 0 Å². The van der Waals surface area contributed by atoms with Crippen molar-refractivity contribution >= 4 is 7.60 Å². The van der Waals surface area contributed by atoms with E-state index in [9.17, 15) is 14.4 Å². The van der Waals surface area contributed by atoms with Crippen LogP contribution in [0.1, 0.15) is 69.6 Å². The molecule has 0 saturated heterocycles. The molecular formula is C17H30NO3P. The molecule has 0 aliphatic carbocycles. The maximum atomic E-state index is 11.6. The summed E-state index contributed by atoms with van der Waals surface area (Å²) in [5, 5.41) is 3.02. The highest BCUT2D eigenvalue weighted by Gasteiger charge is 2.29. The number of hydrogen-bond donors (Lipinski definition) is 3. The third kappa shape index (κ3) is 8.09. The van der Waals surface area contributed by atoms with Gasteiger partial charge in [0.05, 0.1) is 0 Å². The first kappa shape index (κ1) is 19.4. The van der Waals surface area contributed by atoms with E-state index in [1.54, 1.807) is 24.3 Å². The zero-order valence-corrected chi connectivity index (χ0v) is 14.5. The highest BCUT2D eigenvalue weighted by molar-refractivity contribution is 7.52. The van der Waals surface area contributed by atoms with Gasteiger partial charge in [-0.3, -0.25) is 9.88 Å². The van der Waals surface area contributed by atoms with Gasteiger partial charge in [-0.05, 0) is 18.5 Å². The zero-order chi connectivity index (χ0) is 16.3. The standard InChI is InChI=1S/C17H30NO3P/c1-2-3-4-5-6-7-8-12-15-18-17(22(19,20)21)16-13-10-9-11-14-16/h9-11,13-14,17-18H,2-8,12,15H2,1H3,(H2,19,20,21). The molecule has 1 atom stereocenters. The number of benzene rings is 1. The zero-order valence-electron chi connectivity index (χ0n) is 13.6. The first-order valence-electron chi connectivity index (χ1n) is 8.39. The lowest BCUT2D eigenvalue weighted by atomic mass is 10.1. The van der Waals surface area contributed by atoms with Gasteiger partial charge < -0.3 is 9.79 Å². The predicted molar refractivity (Wildman–Crippen MR) is 91.8 cm³/mol. The fourth-order valence-corrected chi connectivity index (χ4v) is 3.49. The Kier molecular flexibility index (Phi) is 9.65. The van der Waals surface area contributed by atoms with Gasteiger partial charge in [-0.2, -0.15) is 0 Å². The van der Waals surface area contributed by atoms with E-state index in [1.807, 2.05) is 6.07 Å². The molecule has 1 rings (SSSR count). The number of nitrogens with one attached hydrogen (secondary N) is 1. The lowest BCUT2D eigenvalue weighted by Crippen LogP contribution is -2.22. The molecule has 4 nitrogen and oxygen atoms in total. The molecule has 0 aromatic heterocycles. The molecule has 0 saturated carbocycles. The first-order chi connectivity index (χ1) is 10.6. The van der Waals surface area contributed by atoms with Crippen molar-refractivity contribution in [2.45, 2.75) is 64.1 Å². The average molecular weight is 327 g/mol. The van der Waals surface area contributed by atoms with Gasteiger partial charge in [-0.25, -0.2) is 0 Å². The van der Waals surface area contributed by atoms with Crippen LogP contribution in [-0.2, 0) is 4.57 Å². The normalized spacial score (nSPS) is 13.2. The van der Waals surface area contributed by atoms with Crippen molar-refractivity contribution in [2.75, 3.05) is 6.54 Å². The minimum Gasteiger partial charge on any atom is -0.323 e. The number of unbranched alkanes of at least 4 members (excludes halogenated alkanes) is 7. The van der Waals surface area contributed by atoms with E-state index in [0.717, 1.165) is 12.8 Å². The molecular weight excluding hydrogens is 297 g/mol. The molecule has 0 aliphatic rings. The third-order valence-corrected chi connectivity index (χ3v) is 4.97. The second-order valence-corrected chi connectivity index (χ2v) is 7.53. The molecule has 126 valence electrons. The lowest BCUT2D eigenvalue weighted by molar-refractivity contribution is 0.347. The van der Waals surface area contributed by atoms with Gasteiger partial charge in [0.2, 0.25) is 0 Å². The number of hydrogen-bond acceptors (Lipinski definition) is 2. The molecule has 0 radical (unpaired) electrons. The summed E-state index contributed by atoms with van der Waals surface area (Å²) in [6.45, 7) is 2.86. The molecule has 1 aromatic rings. The van der Waals surface area contributed by atoms with E-state index < -0.39 is 13.4 Å². The van der Waals surface area contributed by atoms with Crippen LogP contribution in [0, 0.1) is 0 Å². The summed E-state index contributed by atoms with van der Waals surface area (Å²) in [6.07, 6.45) is 9.76. The molecule has 22 heavy (non-hydrogen) atoms. The molecule has 0 spiro atoms. The average Bonchev–Trinajstić information content (AvgIpc) is 2.49. The molecule has 0 fully saturated rings. The van der Waals surface area contributed by atoms with Crippen LogP contribution < -0.4 is 5.32 Å². The van der Waals surface area contributed by atoms with Gasteiger partial charge in [-0.15, -0.1) is 0 Å². The van der Waals surface area contributed by atoms with E-state index in [1.165, 1.54) is 38.5 Å². The summed E-state index contributed by atoms with van der Waals surface area (Å²) in [4.78, 5) is 19.0. The third-order valence-electron chi connectivity index (χ3n) is 3.82. The van der Waals surface area contributed by atoms with Crippen molar-refractivity contribution in [1.29, 1.82) is 0 Å². The minimum absolute atomic E-state index is 0.639. The van der Waals surface area contributed by atoms with Crippen molar-refractivity contribution < 1.29 is 14.4 Å².